The van der Waals surface area contributed by atoms with Gasteiger partial charge in [0.2, 0.25) is 5.91 Å². The van der Waals surface area contributed by atoms with Gasteiger partial charge in [0, 0.05) is 25.6 Å². The Bertz CT molecular complexity index is 768. The van der Waals surface area contributed by atoms with E-state index in [1.807, 2.05) is 23.9 Å². The molecule has 0 unspecified atom stereocenters. The maximum Gasteiger partial charge on any atom is 0.220 e. The molecule has 1 saturated carbocycles. The summed E-state index contributed by atoms with van der Waals surface area (Å²) in [7, 11) is 1.95. The molecule has 1 aliphatic heterocycles. The highest BCUT2D eigenvalue weighted by Crippen LogP contribution is 2.38. The molecule has 2 heterocycles. The van der Waals surface area contributed by atoms with E-state index in [4.69, 9.17) is 0 Å². The van der Waals surface area contributed by atoms with Crippen molar-refractivity contribution in [3.63, 3.8) is 0 Å². The van der Waals surface area contributed by atoms with Crippen molar-refractivity contribution in [1.29, 1.82) is 0 Å². The van der Waals surface area contributed by atoms with Crippen LogP contribution in [-0.4, -0.2) is 27.5 Å². The molecular weight excluding hydrogens is 319 g/mol. The highest BCUT2D eigenvalue weighted by molar-refractivity contribution is 5.77. The average molecular weight is 342 g/mol. The molecule has 2 aliphatic rings. The summed E-state index contributed by atoms with van der Waals surface area (Å²) < 4.78 is 15.3. The highest BCUT2D eigenvalue weighted by Gasteiger charge is 2.37. The van der Waals surface area contributed by atoms with Crippen LogP contribution in [0.5, 0.6) is 0 Å². The molecule has 2 N–H and O–H groups in total. The minimum atomic E-state index is -0.167. The molecule has 4 rings (SSSR count). The number of carbonyl (C=O) groups excluding carboxylic acids is 1. The predicted molar refractivity (Wildman–Crippen MR) is 92.4 cm³/mol. The lowest BCUT2D eigenvalue weighted by atomic mass is 9.75. The smallest absolute Gasteiger partial charge is 0.220 e. The summed E-state index contributed by atoms with van der Waals surface area (Å²) in [4.78, 5) is 16.0. The van der Waals surface area contributed by atoms with Gasteiger partial charge in [-0.05, 0) is 42.9 Å². The molecule has 1 saturated heterocycles. The lowest BCUT2D eigenvalue weighted by Crippen LogP contribution is -2.54. The first-order chi connectivity index (χ1) is 12.1. The average Bonchev–Trinajstić information content (AvgIpc) is 2.97. The van der Waals surface area contributed by atoms with E-state index >= 15 is 0 Å². The summed E-state index contributed by atoms with van der Waals surface area (Å²) in [6, 6.07) is 7.46. The second-order valence-electron chi connectivity index (χ2n) is 7.21. The SMILES string of the molecule is Cn1cncc1[C@@H]1NC(=O)CC[C@H]1NC1CC(c2cccc(F)c2)C1. The van der Waals surface area contributed by atoms with Crippen LogP contribution in [0.15, 0.2) is 36.8 Å². The first kappa shape index (κ1) is 16.3. The molecule has 25 heavy (non-hydrogen) atoms. The summed E-state index contributed by atoms with van der Waals surface area (Å²) in [6.07, 6.45) is 6.96. The molecule has 1 amide bonds. The highest BCUT2D eigenvalue weighted by atomic mass is 19.1. The summed E-state index contributed by atoms with van der Waals surface area (Å²) >= 11 is 0. The van der Waals surface area contributed by atoms with Crippen LogP contribution in [0.25, 0.3) is 0 Å². The largest absolute Gasteiger partial charge is 0.346 e. The van der Waals surface area contributed by atoms with E-state index in [9.17, 15) is 9.18 Å². The third-order valence-corrected chi connectivity index (χ3v) is 5.48. The van der Waals surface area contributed by atoms with Gasteiger partial charge in [-0.15, -0.1) is 0 Å². The molecule has 0 bridgehead atoms. The van der Waals surface area contributed by atoms with E-state index in [0.717, 1.165) is 30.5 Å². The number of aryl methyl sites for hydroxylation is 1. The van der Waals surface area contributed by atoms with Crippen molar-refractivity contribution in [2.24, 2.45) is 7.05 Å². The minimum Gasteiger partial charge on any atom is -0.346 e. The number of carbonyl (C=O) groups is 1. The van der Waals surface area contributed by atoms with E-state index in [2.05, 4.69) is 15.6 Å². The molecule has 1 aromatic heterocycles. The normalized spacial score (nSPS) is 29.1. The van der Waals surface area contributed by atoms with Gasteiger partial charge in [0.1, 0.15) is 5.82 Å². The fourth-order valence-corrected chi connectivity index (χ4v) is 4.02. The van der Waals surface area contributed by atoms with Gasteiger partial charge in [-0.2, -0.15) is 0 Å². The number of benzene rings is 1. The Morgan fingerprint density at radius 1 is 1.36 bits per heavy atom. The van der Waals surface area contributed by atoms with Crippen LogP contribution < -0.4 is 10.6 Å². The van der Waals surface area contributed by atoms with Gasteiger partial charge in [-0.1, -0.05) is 12.1 Å². The number of hydrogen-bond acceptors (Lipinski definition) is 3. The molecule has 132 valence electrons. The first-order valence-electron chi connectivity index (χ1n) is 8.87. The van der Waals surface area contributed by atoms with Crippen LogP contribution in [0.1, 0.15) is 48.9 Å². The molecule has 0 radical (unpaired) electrons. The zero-order chi connectivity index (χ0) is 17.4. The van der Waals surface area contributed by atoms with Gasteiger partial charge in [0.25, 0.3) is 0 Å². The zero-order valence-electron chi connectivity index (χ0n) is 14.3. The van der Waals surface area contributed by atoms with Gasteiger partial charge in [0.05, 0.1) is 24.3 Å². The molecule has 2 fully saturated rings. The van der Waals surface area contributed by atoms with Gasteiger partial charge in [-0.25, -0.2) is 9.37 Å². The number of aromatic nitrogens is 2. The molecule has 1 aromatic carbocycles. The number of imidazole rings is 1. The fraction of sp³-hybridized carbons (Fsp3) is 0.474. The molecule has 2 aromatic rings. The van der Waals surface area contributed by atoms with Crippen molar-refractivity contribution in [3.8, 4) is 0 Å². The van der Waals surface area contributed by atoms with Gasteiger partial charge < -0.3 is 15.2 Å². The Morgan fingerprint density at radius 2 is 2.20 bits per heavy atom. The van der Waals surface area contributed by atoms with Crippen LogP contribution in [-0.2, 0) is 11.8 Å². The quantitative estimate of drug-likeness (QED) is 0.897. The Balaban J connectivity index is 1.40. The van der Waals surface area contributed by atoms with Crippen LogP contribution in [0.2, 0.25) is 0 Å². The fourth-order valence-electron chi connectivity index (χ4n) is 4.02. The van der Waals surface area contributed by atoms with Crippen LogP contribution in [0, 0.1) is 5.82 Å². The number of rotatable bonds is 4. The summed E-state index contributed by atoms with van der Waals surface area (Å²) in [5.74, 6) is 0.345. The van der Waals surface area contributed by atoms with E-state index in [0.29, 0.717) is 18.4 Å². The lowest BCUT2D eigenvalue weighted by molar-refractivity contribution is -0.124. The minimum absolute atomic E-state index is 0.0537. The number of hydrogen-bond donors (Lipinski definition) is 2. The maximum atomic E-state index is 13.4. The number of nitrogens with one attached hydrogen (secondary N) is 2. The van der Waals surface area contributed by atoms with E-state index < -0.39 is 0 Å². The van der Waals surface area contributed by atoms with Crippen molar-refractivity contribution < 1.29 is 9.18 Å². The summed E-state index contributed by atoms with van der Waals surface area (Å²) in [5.41, 5.74) is 2.10. The monoisotopic (exact) mass is 342 g/mol. The molecule has 6 heteroatoms. The van der Waals surface area contributed by atoms with E-state index in [1.165, 1.54) is 6.07 Å². The van der Waals surface area contributed by atoms with Crippen LogP contribution in [0.3, 0.4) is 0 Å². The molecule has 5 nitrogen and oxygen atoms in total. The predicted octanol–water partition coefficient (Wildman–Crippen LogP) is 2.41. The van der Waals surface area contributed by atoms with Crippen molar-refractivity contribution in [1.82, 2.24) is 20.2 Å². The van der Waals surface area contributed by atoms with Crippen LogP contribution >= 0.6 is 0 Å². The zero-order valence-corrected chi connectivity index (χ0v) is 14.3. The van der Waals surface area contributed by atoms with E-state index in [-0.39, 0.29) is 23.8 Å². The Kier molecular flexibility index (Phi) is 4.29. The Morgan fingerprint density at radius 3 is 2.92 bits per heavy atom. The topological polar surface area (TPSA) is 59.0 Å². The second kappa shape index (κ2) is 6.59. The number of halogens is 1. The van der Waals surface area contributed by atoms with Crippen molar-refractivity contribution >= 4 is 5.91 Å². The molecule has 1 aliphatic carbocycles. The van der Waals surface area contributed by atoms with Gasteiger partial charge in [-0.3, -0.25) is 4.79 Å². The second-order valence-corrected chi connectivity index (χ2v) is 7.21. The van der Waals surface area contributed by atoms with Crippen LogP contribution in [0.4, 0.5) is 4.39 Å². The number of nitrogens with zero attached hydrogens (tertiary/aromatic N) is 2. The standard InChI is InChI=1S/C19H23FN4O/c1-24-11-21-10-17(24)19-16(5-6-18(25)23-19)22-15-8-13(9-15)12-3-2-4-14(20)7-12/h2-4,7,10-11,13,15-16,19,22H,5-6,8-9H2,1H3,(H,23,25)/t13?,15?,16-,19-/m1/s1. The summed E-state index contributed by atoms with van der Waals surface area (Å²) in [5, 5.41) is 6.81. The lowest BCUT2D eigenvalue weighted by Gasteiger charge is -2.42. The number of piperidine rings is 1. The van der Waals surface area contributed by atoms with Crippen molar-refractivity contribution in [2.75, 3.05) is 0 Å². The van der Waals surface area contributed by atoms with Crippen molar-refractivity contribution in [2.45, 2.75) is 49.7 Å². The Hall–Kier alpha value is -2.21. The molecule has 0 spiro atoms. The summed E-state index contributed by atoms with van der Waals surface area (Å²) in [6.45, 7) is 0. The van der Waals surface area contributed by atoms with Gasteiger partial charge >= 0.3 is 0 Å². The molecule has 2 atom stereocenters. The Labute approximate surface area is 146 Å². The number of amides is 1. The third-order valence-electron chi connectivity index (χ3n) is 5.48. The third kappa shape index (κ3) is 3.31. The van der Waals surface area contributed by atoms with Gasteiger partial charge in [0.15, 0.2) is 0 Å². The van der Waals surface area contributed by atoms with E-state index in [1.54, 1.807) is 18.5 Å². The van der Waals surface area contributed by atoms with Crippen molar-refractivity contribution in [3.05, 3.63) is 53.9 Å². The molecular formula is C19H23FN4O. The first-order valence-corrected chi connectivity index (χ1v) is 8.87. The maximum absolute atomic E-state index is 13.4.